The second-order valence-corrected chi connectivity index (χ2v) is 12.3. The summed E-state index contributed by atoms with van der Waals surface area (Å²) in [6.45, 7) is 2.48. The van der Waals surface area contributed by atoms with Crippen LogP contribution < -0.4 is 0 Å². The molecule has 0 heterocycles. The molecule has 0 bridgehead atoms. The van der Waals surface area contributed by atoms with Gasteiger partial charge in [0.25, 0.3) is 0 Å². The number of esters is 1. The van der Waals surface area contributed by atoms with Crippen molar-refractivity contribution >= 4 is 32.7 Å². The number of carbonyl (C=O) groups is 1. The Hall–Kier alpha value is -2.05. The van der Waals surface area contributed by atoms with Crippen molar-refractivity contribution in [3.05, 3.63) is 58.6 Å². The van der Waals surface area contributed by atoms with Crippen LogP contribution >= 0.6 is 15.9 Å². The fourth-order valence-corrected chi connectivity index (χ4v) is 8.58. The van der Waals surface area contributed by atoms with E-state index in [1.165, 1.54) is 44.9 Å². The van der Waals surface area contributed by atoms with Crippen LogP contribution in [0.4, 0.5) is 0 Å². The molecule has 6 rings (SSSR count). The zero-order chi connectivity index (χ0) is 23.3. The van der Waals surface area contributed by atoms with E-state index in [0.29, 0.717) is 11.5 Å². The van der Waals surface area contributed by atoms with E-state index in [1.54, 1.807) is 0 Å². The second-order valence-electron chi connectivity index (χ2n) is 11.4. The molecule has 0 saturated heterocycles. The lowest BCUT2D eigenvalue weighted by molar-refractivity contribution is -0.0453. The van der Waals surface area contributed by atoms with Gasteiger partial charge < -0.3 is 4.74 Å². The molecule has 0 aromatic heterocycles. The largest absolute Gasteiger partial charge is 0.368 e. The number of halogens is 1. The minimum atomic E-state index is -0.357. The van der Waals surface area contributed by atoms with Gasteiger partial charge in [-0.1, -0.05) is 53.1 Å². The highest BCUT2D eigenvalue weighted by molar-refractivity contribution is 9.10. The molecule has 0 amide bonds. The Balaban J connectivity index is 1.14. The summed E-state index contributed by atoms with van der Waals surface area (Å²) in [6, 6.07) is 11.7. The average molecular weight is 518 g/mol. The van der Waals surface area contributed by atoms with E-state index in [9.17, 15) is 4.79 Å². The fraction of sp³-hybridized carbons (Fsp3) is 0.516. The van der Waals surface area contributed by atoms with Gasteiger partial charge in [0.15, 0.2) is 0 Å². The third kappa shape index (κ3) is 3.83. The first-order valence-corrected chi connectivity index (χ1v) is 13.9. The summed E-state index contributed by atoms with van der Waals surface area (Å²) in [5.41, 5.74) is 0.826. The molecule has 3 heteroatoms. The van der Waals surface area contributed by atoms with E-state index < -0.39 is 0 Å². The lowest BCUT2D eigenvalue weighted by atomic mass is 9.50. The van der Waals surface area contributed by atoms with Gasteiger partial charge in [-0.2, -0.15) is 0 Å². The molecule has 2 aromatic rings. The minimum absolute atomic E-state index is 0.272. The lowest BCUT2D eigenvalue weighted by Crippen LogP contribution is -2.47. The summed E-state index contributed by atoms with van der Waals surface area (Å²) in [5.74, 6) is 7.82. The van der Waals surface area contributed by atoms with Crippen molar-refractivity contribution < 1.29 is 9.53 Å². The van der Waals surface area contributed by atoms with Crippen molar-refractivity contribution in [1.29, 1.82) is 0 Å². The van der Waals surface area contributed by atoms with Crippen LogP contribution in [0.1, 0.15) is 68.6 Å². The summed E-state index contributed by atoms with van der Waals surface area (Å²) >= 11 is 3.50. The maximum absolute atomic E-state index is 12.7. The minimum Gasteiger partial charge on any atom is -0.368 e. The molecular weight excluding hydrogens is 484 g/mol. The average Bonchev–Trinajstić information content (AvgIpc) is 3.19. The van der Waals surface area contributed by atoms with Crippen molar-refractivity contribution in [2.45, 2.75) is 58.3 Å². The van der Waals surface area contributed by atoms with Crippen molar-refractivity contribution in [1.82, 2.24) is 0 Å². The van der Waals surface area contributed by atoms with Crippen LogP contribution in [0, 0.1) is 52.9 Å². The molecule has 0 aliphatic heterocycles. The second kappa shape index (κ2) is 8.87. The highest BCUT2D eigenvalue weighted by atomic mass is 79.9. The van der Waals surface area contributed by atoms with Gasteiger partial charge in [-0.15, -0.1) is 0 Å². The van der Waals surface area contributed by atoms with Gasteiger partial charge >= 0.3 is 5.97 Å². The Bertz CT molecular complexity index is 1200. The Morgan fingerprint density at radius 1 is 0.941 bits per heavy atom. The van der Waals surface area contributed by atoms with Gasteiger partial charge in [-0.3, -0.25) is 0 Å². The molecule has 3 fully saturated rings. The molecule has 0 N–H and O–H groups in total. The molecule has 4 aliphatic rings. The number of rotatable bonds is 1. The maximum atomic E-state index is 12.7. The normalized spacial score (nSPS) is 36.1. The van der Waals surface area contributed by atoms with Crippen molar-refractivity contribution in [3.63, 3.8) is 0 Å². The van der Waals surface area contributed by atoms with Crippen LogP contribution in [0.2, 0.25) is 0 Å². The molecule has 2 aromatic carbocycles. The summed E-state index contributed by atoms with van der Waals surface area (Å²) in [5, 5.41) is 2.12. The van der Waals surface area contributed by atoms with Crippen LogP contribution in [0.25, 0.3) is 10.8 Å². The highest BCUT2D eigenvalue weighted by Crippen LogP contribution is 2.63. The summed E-state index contributed by atoms with van der Waals surface area (Å²) in [4.78, 5) is 12.7. The Morgan fingerprint density at radius 3 is 2.68 bits per heavy atom. The summed E-state index contributed by atoms with van der Waals surface area (Å²) in [6.07, 6.45) is 18.2. The van der Waals surface area contributed by atoms with E-state index in [-0.39, 0.29) is 11.4 Å². The first-order chi connectivity index (χ1) is 16.5. The lowest BCUT2D eigenvalue weighted by Gasteiger charge is -2.54. The third-order valence-corrected chi connectivity index (χ3v) is 10.4. The Kier molecular flexibility index (Phi) is 5.85. The third-order valence-electron chi connectivity index (χ3n) is 9.95. The summed E-state index contributed by atoms with van der Waals surface area (Å²) < 4.78 is 6.48. The van der Waals surface area contributed by atoms with Gasteiger partial charge in [0.2, 0.25) is 0 Å². The SMILES string of the molecule is C[C@]12CC[C@H]3[C@@H](CCC4CC=CC[C@@H]43)[C@@H]1CC[C@H]2C#COC(=O)c1ccc2cc(Br)ccc2c1. The van der Waals surface area contributed by atoms with Crippen LogP contribution in [0.3, 0.4) is 0 Å². The topological polar surface area (TPSA) is 26.3 Å². The summed E-state index contributed by atoms with van der Waals surface area (Å²) in [7, 11) is 0. The molecule has 176 valence electrons. The zero-order valence-electron chi connectivity index (χ0n) is 19.9. The number of carbonyl (C=O) groups excluding carboxylic acids is 1. The van der Waals surface area contributed by atoms with E-state index in [1.807, 2.05) is 36.4 Å². The standard InChI is InChI=1S/C31H33BrO2/c1-31-16-14-27-26-5-3-2-4-20(26)9-12-28(27)29(31)13-10-24(31)15-17-34-30(33)23-7-6-22-19-25(32)11-8-21(22)18-23/h2-3,6-8,11,18-20,24,26-29H,4-5,9-10,12-14,16H2,1H3/t20?,24-,26-,27+,28+,29-,31+/m0/s1. The number of ether oxygens (including phenoxy) is 1. The first kappa shape index (κ1) is 22.4. The number of allylic oxidation sites excluding steroid dienone is 2. The van der Waals surface area contributed by atoms with Crippen molar-refractivity contribution in [2.75, 3.05) is 0 Å². The molecule has 0 spiro atoms. The monoisotopic (exact) mass is 516 g/mol. The number of fused-ring (bicyclic) bond motifs is 6. The van der Waals surface area contributed by atoms with Crippen molar-refractivity contribution in [3.8, 4) is 12.0 Å². The number of benzene rings is 2. The maximum Gasteiger partial charge on any atom is 0.352 e. The van der Waals surface area contributed by atoms with Gasteiger partial charge in [-0.05, 0) is 121 Å². The van der Waals surface area contributed by atoms with E-state index >= 15 is 0 Å². The van der Waals surface area contributed by atoms with Gasteiger partial charge in [-0.25, -0.2) is 4.79 Å². The molecule has 2 nitrogen and oxygen atoms in total. The molecule has 4 aliphatic carbocycles. The predicted octanol–water partition coefficient (Wildman–Crippen LogP) is 8.15. The predicted molar refractivity (Wildman–Crippen MR) is 140 cm³/mol. The van der Waals surface area contributed by atoms with Crippen LogP contribution in [0.15, 0.2) is 53.0 Å². The smallest absolute Gasteiger partial charge is 0.352 e. The van der Waals surface area contributed by atoms with E-state index in [2.05, 4.69) is 47.0 Å². The molecule has 3 saturated carbocycles. The zero-order valence-corrected chi connectivity index (χ0v) is 21.5. The first-order valence-electron chi connectivity index (χ1n) is 13.1. The fourth-order valence-electron chi connectivity index (χ4n) is 8.20. The quantitative estimate of drug-likeness (QED) is 0.217. The Labute approximate surface area is 211 Å². The van der Waals surface area contributed by atoms with Gasteiger partial charge in [0.1, 0.15) is 6.11 Å². The van der Waals surface area contributed by atoms with Gasteiger partial charge in [0.05, 0.1) is 5.56 Å². The number of hydrogen-bond acceptors (Lipinski definition) is 2. The van der Waals surface area contributed by atoms with E-state index in [0.717, 1.165) is 51.3 Å². The van der Waals surface area contributed by atoms with Crippen LogP contribution in [0.5, 0.6) is 0 Å². The molecular formula is C31H33BrO2. The molecule has 7 atom stereocenters. The highest BCUT2D eigenvalue weighted by Gasteiger charge is 2.56. The van der Waals surface area contributed by atoms with Crippen molar-refractivity contribution in [2.24, 2.45) is 40.9 Å². The molecule has 34 heavy (non-hydrogen) atoms. The van der Waals surface area contributed by atoms with Crippen LogP contribution in [-0.4, -0.2) is 5.97 Å². The number of hydrogen-bond donors (Lipinski definition) is 0. The Morgan fingerprint density at radius 2 is 1.76 bits per heavy atom. The van der Waals surface area contributed by atoms with Gasteiger partial charge in [0, 0.05) is 10.4 Å². The van der Waals surface area contributed by atoms with Crippen LogP contribution in [-0.2, 0) is 4.74 Å². The molecule has 0 radical (unpaired) electrons. The van der Waals surface area contributed by atoms with E-state index in [4.69, 9.17) is 4.74 Å². The molecule has 1 unspecified atom stereocenters.